The molecule has 300 valence electrons. The Hall–Kier alpha value is -8.18. The maximum atomic E-state index is 2.52. The first kappa shape index (κ1) is 36.5. The van der Waals surface area contributed by atoms with Crippen LogP contribution >= 0.6 is 0 Å². The largest absolute Gasteiger partial charge is 0.309 e. The second kappa shape index (κ2) is 14.5. The van der Waals surface area contributed by atoms with Gasteiger partial charge in [-0.25, -0.2) is 0 Å². The number of hydrogen-bond donors (Lipinski definition) is 0. The first-order chi connectivity index (χ1) is 31.8. The first-order valence-electron chi connectivity index (χ1n) is 22.1. The molecule has 0 saturated heterocycles. The van der Waals surface area contributed by atoms with E-state index in [0.717, 1.165) is 17.1 Å². The van der Waals surface area contributed by atoms with E-state index in [2.05, 4.69) is 262 Å². The van der Waals surface area contributed by atoms with E-state index < -0.39 is 8.07 Å². The minimum Gasteiger partial charge on any atom is -0.309 e. The van der Waals surface area contributed by atoms with Gasteiger partial charge in [-0.3, -0.25) is 0 Å². The lowest BCUT2D eigenvalue weighted by Gasteiger charge is -2.34. The fourth-order valence-corrected chi connectivity index (χ4v) is 15.7. The molecule has 0 saturated carbocycles. The second-order valence-electron chi connectivity index (χ2n) is 16.9. The van der Waals surface area contributed by atoms with E-state index in [9.17, 15) is 0 Å². The topological polar surface area (TPSA) is 14.8 Å². The molecular formula is C60H41N3Si. The molecule has 0 aliphatic rings. The molecule has 13 aromatic rings. The number of hydrogen-bond acceptors (Lipinski definition) is 0. The molecule has 0 spiro atoms. The Balaban J connectivity index is 1.02. The monoisotopic (exact) mass is 831 g/mol. The Morgan fingerprint density at radius 1 is 0.203 bits per heavy atom. The molecule has 3 nitrogen and oxygen atoms in total. The van der Waals surface area contributed by atoms with Gasteiger partial charge < -0.3 is 13.7 Å². The van der Waals surface area contributed by atoms with E-state index in [-0.39, 0.29) is 0 Å². The Morgan fingerprint density at radius 2 is 0.516 bits per heavy atom. The maximum Gasteiger partial charge on any atom is 0.179 e. The van der Waals surface area contributed by atoms with Crippen molar-refractivity contribution >= 4 is 94.2 Å². The van der Waals surface area contributed by atoms with Gasteiger partial charge in [-0.1, -0.05) is 176 Å². The van der Waals surface area contributed by atoms with Gasteiger partial charge in [0, 0.05) is 49.4 Å². The summed E-state index contributed by atoms with van der Waals surface area (Å²) in [6.45, 7) is 0. The van der Waals surface area contributed by atoms with E-state index in [1.807, 2.05) is 0 Å². The number of para-hydroxylation sites is 4. The van der Waals surface area contributed by atoms with Crippen LogP contribution in [-0.4, -0.2) is 21.8 Å². The SMILES string of the molecule is c1ccc(-n2c3ccccc3c3cc(-n4c5ccccc5c5cc(-n6c7ccccc7c7cc([Si](c8ccccc8)(c8ccccc8)c8ccccc8)ccc76)ccc54)ccc32)cc1. The van der Waals surface area contributed by atoms with Gasteiger partial charge in [-0.05, 0) is 93.5 Å². The lowest BCUT2D eigenvalue weighted by atomic mass is 10.1. The van der Waals surface area contributed by atoms with Crippen LogP contribution in [0.25, 0.3) is 82.5 Å². The zero-order valence-electron chi connectivity index (χ0n) is 35.0. The standard InChI is InChI=1S/C60H41N3Si/c1-5-19-42(20-6-1)61-55-30-16-13-27-49(55)52-39-43(33-36-58(52)61)62-56-31-17-14-28-50(56)53-40-44(34-37-59(53)62)63-57-32-18-15-29-51(57)54-41-48(35-38-60(54)63)64(45-21-7-2-8-22-45,46-23-9-3-10-24-46)47-25-11-4-12-26-47/h1-41H. The molecule has 4 heteroatoms. The molecule has 0 aliphatic heterocycles. The fourth-order valence-electron chi connectivity index (χ4n) is 10.9. The molecule has 0 aliphatic carbocycles. The van der Waals surface area contributed by atoms with Crippen LogP contribution in [0, 0.1) is 0 Å². The minimum absolute atomic E-state index is 1.15. The van der Waals surface area contributed by atoms with Crippen molar-refractivity contribution in [2.75, 3.05) is 0 Å². The van der Waals surface area contributed by atoms with Gasteiger partial charge >= 0.3 is 0 Å². The van der Waals surface area contributed by atoms with Gasteiger partial charge in [0.2, 0.25) is 0 Å². The van der Waals surface area contributed by atoms with Gasteiger partial charge in [0.05, 0.1) is 33.1 Å². The van der Waals surface area contributed by atoms with Gasteiger partial charge in [-0.2, -0.15) is 0 Å². The van der Waals surface area contributed by atoms with Gasteiger partial charge in [0.25, 0.3) is 0 Å². The zero-order chi connectivity index (χ0) is 42.2. The Bertz CT molecular complexity index is 3790. The summed E-state index contributed by atoms with van der Waals surface area (Å²) in [5, 5.41) is 13.0. The summed E-state index contributed by atoms with van der Waals surface area (Å²) in [6.07, 6.45) is 0. The summed E-state index contributed by atoms with van der Waals surface area (Å²) in [5.74, 6) is 0. The van der Waals surface area contributed by atoms with E-state index in [1.165, 1.54) is 86.2 Å². The Morgan fingerprint density at radius 3 is 0.938 bits per heavy atom. The number of nitrogens with zero attached hydrogens (tertiary/aromatic N) is 3. The average Bonchev–Trinajstić information content (AvgIpc) is 4.00. The highest BCUT2D eigenvalue weighted by molar-refractivity contribution is 7.20. The van der Waals surface area contributed by atoms with Crippen molar-refractivity contribution in [3.05, 3.63) is 249 Å². The molecule has 0 N–H and O–H groups in total. The minimum atomic E-state index is -2.73. The van der Waals surface area contributed by atoms with Crippen LogP contribution in [0.4, 0.5) is 0 Å². The summed E-state index contributed by atoms with van der Waals surface area (Å²) in [7, 11) is -2.73. The molecule has 0 atom stereocenters. The normalized spacial score (nSPS) is 12.1. The molecule has 0 fully saturated rings. The highest BCUT2D eigenvalue weighted by atomic mass is 28.3. The van der Waals surface area contributed by atoms with E-state index >= 15 is 0 Å². The average molecular weight is 832 g/mol. The van der Waals surface area contributed by atoms with E-state index in [1.54, 1.807) is 0 Å². The predicted octanol–water partition coefficient (Wildman–Crippen LogP) is 12.4. The molecule has 0 unspecified atom stereocenters. The summed E-state index contributed by atoms with van der Waals surface area (Å²) in [4.78, 5) is 0. The third-order valence-electron chi connectivity index (χ3n) is 13.6. The lowest BCUT2D eigenvalue weighted by molar-refractivity contribution is 1.16. The molecular weight excluding hydrogens is 791 g/mol. The highest BCUT2D eigenvalue weighted by Crippen LogP contribution is 2.39. The van der Waals surface area contributed by atoms with Crippen LogP contribution in [-0.2, 0) is 0 Å². The predicted molar refractivity (Wildman–Crippen MR) is 273 cm³/mol. The molecule has 10 aromatic carbocycles. The summed E-state index contributed by atoms with van der Waals surface area (Å²) >= 11 is 0. The molecule has 0 amide bonds. The maximum absolute atomic E-state index is 2.73. The lowest BCUT2D eigenvalue weighted by Crippen LogP contribution is -2.74. The fraction of sp³-hybridized carbons (Fsp3) is 0. The van der Waals surface area contributed by atoms with Crippen LogP contribution in [0.15, 0.2) is 249 Å². The smallest absolute Gasteiger partial charge is 0.179 e. The van der Waals surface area contributed by atoms with Crippen molar-refractivity contribution in [1.82, 2.24) is 13.7 Å². The van der Waals surface area contributed by atoms with Crippen LogP contribution in [0.3, 0.4) is 0 Å². The molecule has 3 aromatic heterocycles. The molecule has 64 heavy (non-hydrogen) atoms. The zero-order valence-corrected chi connectivity index (χ0v) is 36.0. The molecule has 0 radical (unpaired) electrons. The number of rotatable bonds is 7. The molecule has 13 rings (SSSR count). The van der Waals surface area contributed by atoms with Crippen LogP contribution in [0.1, 0.15) is 0 Å². The Kier molecular flexibility index (Phi) is 8.23. The second-order valence-corrected chi connectivity index (χ2v) is 20.7. The van der Waals surface area contributed by atoms with E-state index in [4.69, 9.17) is 0 Å². The summed E-state index contributed by atoms with van der Waals surface area (Å²) in [5.41, 5.74) is 10.6. The van der Waals surface area contributed by atoms with Gasteiger partial charge in [0.1, 0.15) is 0 Å². The first-order valence-corrected chi connectivity index (χ1v) is 24.1. The number of benzene rings is 10. The summed E-state index contributed by atoms with van der Waals surface area (Å²) in [6, 6.07) is 92.2. The van der Waals surface area contributed by atoms with Crippen LogP contribution < -0.4 is 20.7 Å². The molecule has 3 heterocycles. The van der Waals surface area contributed by atoms with Gasteiger partial charge in [0.15, 0.2) is 8.07 Å². The highest BCUT2D eigenvalue weighted by Gasteiger charge is 2.41. The Labute approximate surface area is 372 Å². The van der Waals surface area contributed by atoms with Crippen LogP contribution in [0.2, 0.25) is 0 Å². The van der Waals surface area contributed by atoms with Crippen molar-refractivity contribution in [2.45, 2.75) is 0 Å². The summed E-state index contributed by atoms with van der Waals surface area (Å²) < 4.78 is 7.30. The quantitative estimate of drug-likeness (QED) is 0.112. The van der Waals surface area contributed by atoms with Crippen molar-refractivity contribution < 1.29 is 0 Å². The number of aromatic nitrogens is 3. The third kappa shape index (κ3) is 5.33. The third-order valence-corrected chi connectivity index (χ3v) is 18.3. The van der Waals surface area contributed by atoms with Crippen molar-refractivity contribution in [3.8, 4) is 17.1 Å². The van der Waals surface area contributed by atoms with Crippen molar-refractivity contribution in [3.63, 3.8) is 0 Å². The van der Waals surface area contributed by atoms with Crippen LogP contribution in [0.5, 0.6) is 0 Å². The van der Waals surface area contributed by atoms with Gasteiger partial charge in [-0.15, -0.1) is 0 Å². The number of fused-ring (bicyclic) bond motifs is 9. The van der Waals surface area contributed by atoms with Crippen molar-refractivity contribution in [2.24, 2.45) is 0 Å². The van der Waals surface area contributed by atoms with Crippen molar-refractivity contribution in [1.29, 1.82) is 0 Å². The molecule has 0 bridgehead atoms. The van der Waals surface area contributed by atoms with E-state index in [0.29, 0.717) is 0 Å².